The molecule has 1 aromatic carbocycles. The quantitative estimate of drug-likeness (QED) is 0.565. The summed E-state index contributed by atoms with van der Waals surface area (Å²) in [7, 11) is 4.13. The first kappa shape index (κ1) is 26.6. The molecule has 0 radical (unpaired) electrons. The van der Waals surface area contributed by atoms with E-state index in [1.165, 1.54) is 59.5 Å². The average Bonchev–Trinajstić information content (AvgIpc) is 3.48. The fraction of sp³-hybridized carbons (Fsp3) is 0.417. The zero-order valence-electron chi connectivity index (χ0n) is 20.6. The number of aromatic nitrogens is 1. The number of thiazole rings is 1. The van der Waals surface area contributed by atoms with Crippen LogP contribution in [0.2, 0.25) is 0 Å². The van der Waals surface area contributed by atoms with E-state index in [2.05, 4.69) is 10.3 Å². The van der Waals surface area contributed by atoms with E-state index in [9.17, 15) is 22.8 Å². The number of benzene rings is 1. The Labute approximate surface area is 215 Å². The number of amides is 1. The van der Waals surface area contributed by atoms with Crippen LogP contribution < -0.4 is 5.32 Å². The van der Waals surface area contributed by atoms with Crippen LogP contribution in [0.25, 0.3) is 0 Å². The Hall–Kier alpha value is -3.45. The van der Waals surface area contributed by atoms with Crippen molar-refractivity contribution in [2.75, 3.05) is 34.3 Å². The SMILES string of the molecule is COC(=O)OC1=C(CN2CC(F)(F)C[C@H]2C(=O)N(C)C)NC(c2nccs2)=N[C@@]1(C)c1ccc(F)cc1. The van der Waals surface area contributed by atoms with Gasteiger partial charge in [-0.1, -0.05) is 12.1 Å². The first-order chi connectivity index (χ1) is 17.4. The molecular formula is C24H26F3N5O4S. The van der Waals surface area contributed by atoms with Gasteiger partial charge < -0.3 is 19.7 Å². The molecule has 4 rings (SSSR count). The van der Waals surface area contributed by atoms with E-state index in [1.807, 2.05) is 0 Å². The summed E-state index contributed by atoms with van der Waals surface area (Å²) in [5.41, 5.74) is -0.715. The van der Waals surface area contributed by atoms with Crippen LogP contribution in [0.4, 0.5) is 18.0 Å². The number of amidine groups is 1. The Bertz CT molecular complexity index is 1230. The molecule has 0 saturated carbocycles. The average molecular weight is 538 g/mol. The fourth-order valence-corrected chi connectivity index (χ4v) is 4.98. The van der Waals surface area contributed by atoms with Gasteiger partial charge >= 0.3 is 6.16 Å². The molecule has 3 heterocycles. The Balaban J connectivity index is 1.85. The molecular weight excluding hydrogens is 511 g/mol. The van der Waals surface area contributed by atoms with Crippen LogP contribution in [0.5, 0.6) is 0 Å². The van der Waals surface area contributed by atoms with E-state index in [-0.39, 0.29) is 18.0 Å². The van der Waals surface area contributed by atoms with Crippen molar-refractivity contribution in [2.24, 2.45) is 4.99 Å². The number of methoxy groups -OCH3 is 1. The number of alkyl halides is 2. The van der Waals surface area contributed by atoms with Crippen LogP contribution >= 0.6 is 11.3 Å². The largest absolute Gasteiger partial charge is 0.513 e. The summed E-state index contributed by atoms with van der Waals surface area (Å²) in [5, 5.41) is 5.31. The summed E-state index contributed by atoms with van der Waals surface area (Å²) in [6.07, 6.45) is -0.119. The van der Waals surface area contributed by atoms with Crippen LogP contribution in [0.15, 0.2) is 52.3 Å². The smallest absolute Gasteiger partial charge is 0.437 e. The van der Waals surface area contributed by atoms with E-state index in [4.69, 9.17) is 14.5 Å². The van der Waals surface area contributed by atoms with Crippen molar-refractivity contribution in [3.05, 3.63) is 63.7 Å². The van der Waals surface area contributed by atoms with E-state index < -0.39 is 48.3 Å². The molecule has 13 heteroatoms. The fourth-order valence-electron chi connectivity index (χ4n) is 4.40. The Morgan fingerprint density at radius 2 is 1.97 bits per heavy atom. The summed E-state index contributed by atoms with van der Waals surface area (Å²) in [6, 6.07) is 4.36. The molecule has 1 N–H and O–H groups in total. The lowest BCUT2D eigenvalue weighted by Gasteiger charge is -2.36. The van der Waals surface area contributed by atoms with Gasteiger partial charge in [-0.3, -0.25) is 9.69 Å². The lowest BCUT2D eigenvalue weighted by molar-refractivity contribution is -0.133. The molecule has 1 amide bonds. The van der Waals surface area contributed by atoms with E-state index in [1.54, 1.807) is 18.5 Å². The lowest BCUT2D eigenvalue weighted by atomic mass is 9.88. The molecule has 2 aromatic rings. The first-order valence-corrected chi connectivity index (χ1v) is 12.2. The number of rotatable bonds is 6. The number of halogens is 3. The third kappa shape index (κ3) is 5.47. The zero-order chi connectivity index (χ0) is 27.0. The van der Waals surface area contributed by atoms with Gasteiger partial charge in [0.15, 0.2) is 16.6 Å². The monoisotopic (exact) mass is 537 g/mol. The predicted octanol–water partition coefficient (Wildman–Crippen LogP) is 3.34. The summed E-state index contributed by atoms with van der Waals surface area (Å²) in [4.78, 5) is 36.7. The van der Waals surface area contributed by atoms with Gasteiger partial charge in [-0.25, -0.2) is 27.9 Å². The highest BCUT2D eigenvalue weighted by Gasteiger charge is 2.50. The number of hydrogen-bond acceptors (Lipinski definition) is 9. The van der Waals surface area contributed by atoms with Gasteiger partial charge in [0.1, 0.15) is 11.4 Å². The minimum absolute atomic E-state index is 0.0301. The van der Waals surface area contributed by atoms with Gasteiger partial charge in [-0.15, -0.1) is 11.3 Å². The third-order valence-electron chi connectivity index (χ3n) is 6.17. The van der Waals surface area contributed by atoms with Crippen molar-refractivity contribution in [1.29, 1.82) is 0 Å². The maximum atomic E-state index is 14.5. The van der Waals surface area contributed by atoms with E-state index >= 15 is 0 Å². The normalized spacial score (nSPS) is 23.3. The van der Waals surface area contributed by atoms with Crippen molar-refractivity contribution >= 4 is 29.2 Å². The van der Waals surface area contributed by atoms with Gasteiger partial charge in [0.2, 0.25) is 5.91 Å². The summed E-state index contributed by atoms with van der Waals surface area (Å²) >= 11 is 1.29. The molecule has 0 aliphatic carbocycles. The Morgan fingerprint density at radius 1 is 1.27 bits per heavy atom. The summed E-state index contributed by atoms with van der Waals surface area (Å²) in [5.74, 6) is -3.77. The number of carbonyl (C=O) groups is 2. The van der Waals surface area contributed by atoms with Gasteiger partial charge in [0, 0.05) is 38.6 Å². The number of nitrogens with zero attached hydrogens (tertiary/aromatic N) is 4. The number of nitrogens with one attached hydrogen (secondary N) is 1. The number of aliphatic imine (C=N–C) groups is 1. The van der Waals surface area contributed by atoms with Crippen molar-refractivity contribution in [3.63, 3.8) is 0 Å². The molecule has 9 nitrogen and oxygen atoms in total. The van der Waals surface area contributed by atoms with Crippen LogP contribution in [0.1, 0.15) is 23.9 Å². The molecule has 198 valence electrons. The molecule has 2 aliphatic rings. The third-order valence-corrected chi connectivity index (χ3v) is 6.95. The molecule has 37 heavy (non-hydrogen) atoms. The highest BCUT2D eigenvalue weighted by molar-refractivity contribution is 7.11. The molecule has 2 atom stereocenters. The number of carbonyl (C=O) groups excluding carboxylic acids is 2. The standard InChI is InChI=1S/C24H26F3N5O4S/c1-23(14-5-7-15(25)8-6-14)18(36-22(34)35-4)16(29-19(30-23)20-28-9-10-37-20)12-32-13-24(26,27)11-17(32)21(33)31(2)3/h5-10,17H,11-13H2,1-4H3,(H,29,30)/t17-,23-/m0/s1. The van der Waals surface area contributed by atoms with Crippen LogP contribution in [-0.2, 0) is 19.8 Å². The number of likely N-dealkylation sites (N-methyl/N-ethyl adjacent to an activating group) is 1. The highest BCUT2D eigenvalue weighted by atomic mass is 32.1. The van der Waals surface area contributed by atoms with Crippen molar-refractivity contribution < 1.29 is 32.2 Å². The minimum Gasteiger partial charge on any atom is -0.437 e. The highest BCUT2D eigenvalue weighted by Crippen LogP contribution is 2.40. The van der Waals surface area contributed by atoms with E-state index in [0.717, 1.165) is 7.11 Å². The van der Waals surface area contributed by atoms with Crippen molar-refractivity contribution in [2.45, 2.75) is 30.8 Å². The first-order valence-electron chi connectivity index (χ1n) is 11.3. The molecule has 1 saturated heterocycles. The lowest BCUT2D eigenvalue weighted by Crippen LogP contribution is -2.47. The van der Waals surface area contributed by atoms with Crippen LogP contribution in [-0.4, -0.2) is 78.9 Å². The summed E-state index contributed by atoms with van der Waals surface area (Å²) < 4.78 is 53.1. The predicted molar refractivity (Wildman–Crippen MR) is 130 cm³/mol. The second kappa shape index (κ2) is 10.1. The Morgan fingerprint density at radius 3 is 2.57 bits per heavy atom. The molecule has 0 spiro atoms. The maximum absolute atomic E-state index is 14.5. The molecule has 1 aromatic heterocycles. The zero-order valence-corrected chi connectivity index (χ0v) is 21.4. The van der Waals surface area contributed by atoms with Gasteiger partial charge in [0.25, 0.3) is 5.92 Å². The van der Waals surface area contributed by atoms with E-state index in [0.29, 0.717) is 16.4 Å². The maximum Gasteiger partial charge on any atom is 0.513 e. The topological polar surface area (TPSA) is 96.4 Å². The van der Waals surface area contributed by atoms with Crippen molar-refractivity contribution in [1.82, 2.24) is 20.1 Å². The van der Waals surface area contributed by atoms with Crippen molar-refractivity contribution in [3.8, 4) is 0 Å². The number of ether oxygens (including phenoxy) is 2. The van der Waals surface area contributed by atoms with Crippen LogP contribution in [0.3, 0.4) is 0 Å². The summed E-state index contributed by atoms with van der Waals surface area (Å²) in [6.45, 7) is 0.770. The van der Waals surface area contributed by atoms with Crippen LogP contribution in [0, 0.1) is 5.82 Å². The van der Waals surface area contributed by atoms with Gasteiger partial charge in [-0.2, -0.15) is 0 Å². The number of hydrogen-bond donors (Lipinski definition) is 1. The minimum atomic E-state index is -3.10. The second-order valence-electron chi connectivity index (χ2n) is 9.08. The molecule has 2 aliphatic heterocycles. The number of likely N-dealkylation sites (tertiary alicyclic amines) is 1. The molecule has 1 fully saturated rings. The van der Waals surface area contributed by atoms with Gasteiger partial charge in [0.05, 0.1) is 25.4 Å². The second-order valence-corrected chi connectivity index (χ2v) is 9.97. The molecule has 0 unspecified atom stereocenters. The molecule has 0 bridgehead atoms. The van der Waals surface area contributed by atoms with Gasteiger partial charge in [-0.05, 0) is 24.6 Å². The Kier molecular flexibility index (Phi) is 7.29.